The molecule has 0 saturated carbocycles. The zero-order valence-electron chi connectivity index (χ0n) is 16.9. The number of hydrogen-bond donors (Lipinski definition) is 1. The highest BCUT2D eigenvalue weighted by atomic mass is 32.2. The number of benzene rings is 2. The largest absolute Gasteiger partial charge is 0.345 e. The number of rotatable bonds is 6. The molecule has 0 saturated heterocycles. The maximum atomic E-state index is 12.8. The van der Waals surface area contributed by atoms with E-state index in [0.717, 1.165) is 22.6 Å². The van der Waals surface area contributed by atoms with Crippen molar-refractivity contribution in [1.82, 2.24) is 10.3 Å². The number of sulfone groups is 1. The molecule has 29 heavy (non-hydrogen) atoms. The van der Waals surface area contributed by atoms with Gasteiger partial charge in [0.1, 0.15) is 9.88 Å². The van der Waals surface area contributed by atoms with Gasteiger partial charge in [-0.1, -0.05) is 43.3 Å². The lowest BCUT2D eigenvalue weighted by Crippen LogP contribution is -2.26. The van der Waals surface area contributed by atoms with E-state index in [0.29, 0.717) is 10.6 Å². The zero-order valence-corrected chi connectivity index (χ0v) is 18.5. The molecule has 0 bridgehead atoms. The van der Waals surface area contributed by atoms with Gasteiger partial charge in [0.15, 0.2) is 9.84 Å². The Morgan fingerprint density at radius 2 is 1.72 bits per heavy atom. The van der Waals surface area contributed by atoms with Crippen LogP contribution in [0.15, 0.2) is 53.4 Å². The van der Waals surface area contributed by atoms with Gasteiger partial charge < -0.3 is 5.32 Å². The fraction of sp³-hybridized carbons (Fsp3) is 0.273. The summed E-state index contributed by atoms with van der Waals surface area (Å²) >= 11 is 1.37. The van der Waals surface area contributed by atoms with Crippen LogP contribution in [-0.2, 0) is 16.3 Å². The predicted octanol–water partition coefficient (Wildman–Crippen LogP) is 4.58. The van der Waals surface area contributed by atoms with E-state index in [4.69, 9.17) is 0 Å². The molecule has 1 N–H and O–H groups in total. The van der Waals surface area contributed by atoms with E-state index in [-0.39, 0.29) is 16.8 Å². The number of carbonyl (C=O) groups is 1. The maximum absolute atomic E-state index is 12.8. The number of nitrogens with one attached hydrogen (secondary N) is 1. The molecular weight excluding hydrogens is 404 g/mol. The van der Waals surface area contributed by atoms with Gasteiger partial charge in [-0.2, -0.15) is 0 Å². The van der Waals surface area contributed by atoms with Gasteiger partial charge in [-0.3, -0.25) is 4.79 Å². The van der Waals surface area contributed by atoms with Crippen molar-refractivity contribution in [3.63, 3.8) is 0 Å². The van der Waals surface area contributed by atoms with Crippen molar-refractivity contribution in [1.29, 1.82) is 0 Å². The van der Waals surface area contributed by atoms with Gasteiger partial charge >= 0.3 is 0 Å². The molecule has 1 amide bonds. The average molecular weight is 429 g/mol. The summed E-state index contributed by atoms with van der Waals surface area (Å²) in [7, 11) is -3.24. The first kappa shape index (κ1) is 21.2. The molecule has 0 aliphatic heterocycles. The lowest BCUT2D eigenvalue weighted by Gasteiger charge is -2.14. The number of aromatic nitrogens is 1. The Morgan fingerprint density at radius 1 is 1.10 bits per heavy atom. The standard InChI is InChI=1S/C22H24N2O3S2/c1-5-16-6-8-18(9-7-16)22-24-15(3)20(28-22)21(25)23-14(2)17-10-12-19(13-11-17)29(4,26)27/h6-14H,5H2,1-4H3,(H,23,25). The Kier molecular flexibility index (Phi) is 6.19. The van der Waals surface area contributed by atoms with E-state index in [2.05, 4.69) is 29.4 Å². The van der Waals surface area contributed by atoms with E-state index in [9.17, 15) is 13.2 Å². The summed E-state index contributed by atoms with van der Waals surface area (Å²) in [6.45, 7) is 5.82. The molecule has 2 aromatic carbocycles. The Hall–Kier alpha value is -2.51. The number of hydrogen-bond acceptors (Lipinski definition) is 5. The van der Waals surface area contributed by atoms with Crippen LogP contribution in [0.25, 0.3) is 10.6 Å². The first-order valence-corrected chi connectivity index (χ1v) is 12.1. The molecule has 1 heterocycles. The van der Waals surface area contributed by atoms with Crippen LogP contribution >= 0.6 is 11.3 Å². The fourth-order valence-corrected chi connectivity index (χ4v) is 4.57. The van der Waals surface area contributed by atoms with Crippen molar-refractivity contribution in [3.8, 4) is 10.6 Å². The summed E-state index contributed by atoms with van der Waals surface area (Å²) in [5.41, 5.74) is 3.79. The lowest BCUT2D eigenvalue weighted by molar-refractivity contribution is 0.0943. The Labute approximate surface area is 175 Å². The molecule has 3 aromatic rings. The third-order valence-electron chi connectivity index (χ3n) is 4.77. The van der Waals surface area contributed by atoms with Crippen LogP contribution in [-0.4, -0.2) is 25.6 Å². The normalized spacial score (nSPS) is 12.6. The van der Waals surface area contributed by atoms with E-state index < -0.39 is 9.84 Å². The van der Waals surface area contributed by atoms with Crippen molar-refractivity contribution in [2.45, 2.75) is 38.1 Å². The molecule has 0 aliphatic carbocycles. The van der Waals surface area contributed by atoms with Gasteiger partial charge in [0.25, 0.3) is 5.91 Å². The monoisotopic (exact) mass is 428 g/mol. The molecule has 0 spiro atoms. The minimum absolute atomic E-state index is 0.184. The van der Waals surface area contributed by atoms with E-state index >= 15 is 0 Å². The van der Waals surface area contributed by atoms with Gasteiger partial charge in [-0.05, 0) is 43.5 Å². The van der Waals surface area contributed by atoms with Crippen molar-refractivity contribution in [2.24, 2.45) is 0 Å². The third kappa shape index (κ3) is 4.92. The Balaban J connectivity index is 1.75. The number of carbonyl (C=O) groups excluding carboxylic acids is 1. The van der Waals surface area contributed by atoms with Crippen LogP contribution in [0, 0.1) is 6.92 Å². The van der Waals surface area contributed by atoms with Crippen LogP contribution in [0.2, 0.25) is 0 Å². The summed E-state index contributed by atoms with van der Waals surface area (Å²) in [6.07, 6.45) is 2.15. The van der Waals surface area contributed by atoms with Gasteiger partial charge in [0.2, 0.25) is 0 Å². The molecule has 3 rings (SSSR count). The molecule has 5 nitrogen and oxygen atoms in total. The quantitative estimate of drug-likeness (QED) is 0.624. The number of nitrogens with zero attached hydrogens (tertiary/aromatic N) is 1. The second-order valence-corrected chi connectivity index (χ2v) is 10.0. The van der Waals surface area contributed by atoms with Gasteiger partial charge in [0, 0.05) is 11.8 Å². The molecule has 0 aliphatic rings. The summed E-state index contributed by atoms with van der Waals surface area (Å²) < 4.78 is 23.2. The number of thiazole rings is 1. The summed E-state index contributed by atoms with van der Waals surface area (Å²) in [5, 5.41) is 3.80. The van der Waals surface area contributed by atoms with Crippen LogP contribution in [0.3, 0.4) is 0 Å². The van der Waals surface area contributed by atoms with Gasteiger partial charge in [0.05, 0.1) is 16.6 Å². The molecular formula is C22H24N2O3S2. The molecule has 1 aromatic heterocycles. The van der Waals surface area contributed by atoms with E-state index in [1.165, 1.54) is 23.2 Å². The first-order valence-electron chi connectivity index (χ1n) is 9.36. The maximum Gasteiger partial charge on any atom is 0.263 e. The molecule has 1 unspecified atom stereocenters. The van der Waals surface area contributed by atoms with Gasteiger partial charge in [-0.15, -0.1) is 11.3 Å². The Morgan fingerprint density at radius 3 is 2.28 bits per heavy atom. The van der Waals surface area contributed by atoms with Crippen molar-refractivity contribution < 1.29 is 13.2 Å². The van der Waals surface area contributed by atoms with Crippen LogP contribution < -0.4 is 5.32 Å². The molecule has 7 heteroatoms. The van der Waals surface area contributed by atoms with Crippen LogP contribution in [0.1, 0.15) is 46.4 Å². The topological polar surface area (TPSA) is 76.1 Å². The second kappa shape index (κ2) is 8.47. The van der Waals surface area contributed by atoms with Crippen molar-refractivity contribution >= 4 is 27.1 Å². The van der Waals surface area contributed by atoms with Gasteiger partial charge in [-0.25, -0.2) is 13.4 Å². The van der Waals surface area contributed by atoms with Crippen molar-refractivity contribution in [3.05, 3.63) is 70.2 Å². The van der Waals surface area contributed by atoms with Crippen LogP contribution in [0.5, 0.6) is 0 Å². The minimum Gasteiger partial charge on any atom is -0.345 e. The average Bonchev–Trinajstić information content (AvgIpc) is 3.09. The zero-order chi connectivity index (χ0) is 21.2. The highest BCUT2D eigenvalue weighted by molar-refractivity contribution is 7.90. The fourth-order valence-electron chi connectivity index (χ4n) is 2.96. The molecule has 0 fully saturated rings. The molecule has 0 radical (unpaired) electrons. The minimum atomic E-state index is -3.24. The van der Waals surface area contributed by atoms with Crippen LogP contribution in [0.4, 0.5) is 0 Å². The smallest absolute Gasteiger partial charge is 0.263 e. The highest BCUT2D eigenvalue weighted by Crippen LogP contribution is 2.29. The summed E-state index contributed by atoms with van der Waals surface area (Å²) in [4.78, 5) is 18.2. The Bertz CT molecular complexity index is 1120. The van der Waals surface area contributed by atoms with Crippen molar-refractivity contribution in [2.75, 3.05) is 6.26 Å². The lowest BCUT2D eigenvalue weighted by atomic mass is 10.1. The number of amides is 1. The first-order chi connectivity index (χ1) is 13.7. The summed E-state index contributed by atoms with van der Waals surface area (Å²) in [5.74, 6) is -0.184. The molecule has 152 valence electrons. The predicted molar refractivity (Wildman–Crippen MR) is 117 cm³/mol. The highest BCUT2D eigenvalue weighted by Gasteiger charge is 2.19. The third-order valence-corrected chi connectivity index (χ3v) is 7.10. The van der Waals surface area contributed by atoms with E-state index in [1.807, 2.05) is 26.0 Å². The summed E-state index contributed by atoms with van der Waals surface area (Å²) in [6, 6.07) is 14.5. The molecule has 1 atom stereocenters. The number of aryl methyl sites for hydroxylation is 2. The second-order valence-electron chi connectivity index (χ2n) is 7.02. The SMILES string of the molecule is CCc1ccc(-c2nc(C)c(C(=O)NC(C)c3ccc(S(C)(=O)=O)cc3)s2)cc1. The van der Waals surface area contributed by atoms with E-state index in [1.54, 1.807) is 24.3 Å².